The quantitative estimate of drug-likeness (QED) is 0.448. The second-order valence-electron chi connectivity index (χ2n) is 7.91. The Balaban J connectivity index is 1.42. The van der Waals surface area contributed by atoms with Gasteiger partial charge in [0, 0.05) is 24.2 Å². The first-order valence-electron chi connectivity index (χ1n) is 10.7. The molecule has 1 aliphatic heterocycles. The molecule has 168 valence electrons. The second kappa shape index (κ2) is 8.57. The fraction of sp³-hybridized carbons (Fsp3) is 0.250. The fourth-order valence-electron chi connectivity index (χ4n) is 4.12. The number of aryl methyl sites for hydroxylation is 2. The van der Waals surface area contributed by atoms with Crippen molar-refractivity contribution in [3.63, 3.8) is 0 Å². The lowest BCUT2D eigenvalue weighted by atomic mass is 9.91. The van der Waals surface area contributed by atoms with Crippen molar-refractivity contribution in [1.82, 2.24) is 29.3 Å². The van der Waals surface area contributed by atoms with Crippen molar-refractivity contribution in [2.45, 2.75) is 32.2 Å². The number of pyridine rings is 1. The van der Waals surface area contributed by atoms with Gasteiger partial charge in [-0.2, -0.15) is 5.10 Å². The first-order valence-corrected chi connectivity index (χ1v) is 10.7. The lowest BCUT2D eigenvalue weighted by Crippen LogP contribution is -2.19. The van der Waals surface area contributed by atoms with E-state index >= 15 is 0 Å². The van der Waals surface area contributed by atoms with E-state index in [0.717, 1.165) is 23.9 Å². The third kappa shape index (κ3) is 4.02. The van der Waals surface area contributed by atoms with Gasteiger partial charge in [0.15, 0.2) is 17.5 Å². The number of halogens is 2. The minimum atomic E-state index is -0.849. The summed E-state index contributed by atoms with van der Waals surface area (Å²) in [6.45, 7) is 2.60. The van der Waals surface area contributed by atoms with Crippen LogP contribution in [0.1, 0.15) is 47.4 Å². The summed E-state index contributed by atoms with van der Waals surface area (Å²) < 4.78 is 37.3. The Morgan fingerprint density at radius 2 is 2.00 bits per heavy atom. The average molecular weight is 448 g/mol. The molecule has 0 amide bonds. The summed E-state index contributed by atoms with van der Waals surface area (Å²) in [5.41, 5.74) is 2.67. The van der Waals surface area contributed by atoms with Crippen LogP contribution in [0.2, 0.25) is 0 Å². The predicted octanol–water partition coefficient (Wildman–Crippen LogP) is 4.55. The number of methoxy groups -OCH3 is 1. The molecule has 3 aromatic heterocycles. The van der Waals surface area contributed by atoms with Crippen molar-refractivity contribution in [3.8, 4) is 11.6 Å². The largest absolute Gasteiger partial charge is 0.479 e. The highest BCUT2D eigenvalue weighted by molar-refractivity contribution is 5.65. The predicted molar refractivity (Wildman–Crippen MR) is 119 cm³/mol. The summed E-state index contributed by atoms with van der Waals surface area (Å²) >= 11 is 0. The standard InChI is InChI=1S/C24H22F2N6O/c1-15-13-31(14-27-15)20-10-8-16(28-24(20)33-2)9-11-21-29-23-18(6-4-12-32(23)30-21)17-5-3-7-19(25)22(17)26/h3,5,7-11,13-14,18H,4,6,12H2,1-2H3/b11-9+. The smallest absolute Gasteiger partial charge is 0.238 e. The summed E-state index contributed by atoms with van der Waals surface area (Å²) in [5.74, 6) is -0.404. The van der Waals surface area contributed by atoms with Crippen LogP contribution in [0.25, 0.3) is 17.8 Å². The number of nitrogens with zero attached hydrogens (tertiary/aromatic N) is 6. The van der Waals surface area contributed by atoms with Gasteiger partial charge in [0.05, 0.1) is 24.8 Å². The van der Waals surface area contributed by atoms with Crippen LogP contribution in [0.4, 0.5) is 8.78 Å². The zero-order valence-electron chi connectivity index (χ0n) is 18.2. The molecule has 0 saturated carbocycles. The van der Waals surface area contributed by atoms with E-state index in [9.17, 15) is 8.78 Å². The second-order valence-corrected chi connectivity index (χ2v) is 7.91. The van der Waals surface area contributed by atoms with Crippen molar-refractivity contribution in [2.24, 2.45) is 0 Å². The average Bonchev–Trinajstić information content (AvgIpc) is 3.45. The molecule has 33 heavy (non-hydrogen) atoms. The number of hydrogen-bond acceptors (Lipinski definition) is 5. The van der Waals surface area contributed by atoms with Gasteiger partial charge in [-0.25, -0.2) is 28.4 Å². The number of hydrogen-bond donors (Lipinski definition) is 0. The van der Waals surface area contributed by atoms with Gasteiger partial charge < -0.3 is 9.30 Å². The summed E-state index contributed by atoms with van der Waals surface area (Å²) in [4.78, 5) is 13.4. The van der Waals surface area contributed by atoms with Crippen LogP contribution in [0, 0.1) is 18.6 Å². The summed E-state index contributed by atoms with van der Waals surface area (Å²) in [7, 11) is 1.57. The van der Waals surface area contributed by atoms with Crippen LogP contribution < -0.4 is 4.74 Å². The number of fused-ring (bicyclic) bond motifs is 1. The molecule has 4 aromatic rings. The Morgan fingerprint density at radius 1 is 1.12 bits per heavy atom. The van der Waals surface area contributed by atoms with Crippen LogP contribution in [-0.2, 0) is 6.54 Å². The van der Waals surface area contributed by atoms with Gasteiger partial charge in [-0.15, -0.1) is 0 Å². The SMILES string of the molecule is COc1nc(/C=C/c2nc3n(n2)CCCC3c2cccc(F)c2F)ccc1-n1cnc(C)c1. The highest BCUT2D eigenvalue weighted by atomic mass is 19.2. The topological polar surface area (TPSA) is 70.7 Å². The summed E-state index contributed by atoms with van der Waals surface area (Å²) in [6, 6.07) is 8.03. The normalized spacial score (nSPS) is 15.7. The van der Waals surface area contributed by atoms with Crippen LogP contribution in [-0.4, -0.2) is 36.4 Å². The molecule has 0 aliphatic carbocycles. The third-order valence-electron chi connectivity index (χ3n) is 5.70. The molecule has 7 nitrogen and oxygen atoms in total. The van der Waals surface area contributed by atoms with Crippen LogP contribution in [0.3, 0.4) is 0 Å². The molecule has 9 heteroatoms. The van der Waals surface area contributed by atoms with E-state index in [1.807, 2.05) is 29.8 Å². The van der Waals surface area contributed by atoms with Gasteiger partial charge >= 0.3 is 0 Å². The highest BCUT2D eigenvalue weighted by Gasteiger charge is 2.28. The Morgan fingerprint density at radius 3 is 2.79 bits per heavy atom. The van der Waals surface area contributed by atoms with Gasteiger partial charge in [0.2, 0.25) is 5.88 Å². The minimum Gasteiger partial charge on any atom is -0.479 e. The van der Waals surface area contributed by atoms with E-state index in [1.54, 1.807) is 36.3 Å². The van der Waals surface area contributed by atoms with E-state index in [2.05, 4.69) is 20.1 Å². The van der Waals surface area contributed by atoms with E-state index in [1.165, 1.54) is 6.07 Å². The van der Waals surface area contributed by atoms with Gasteiger partial charge in [-0.1, -0.05) is 12.1 Å². The van der Waals surface area contributed by atoms with Crippen LogP contribution in [0.5, 0.6) is 5.88 Å². The maximum Gasteiger partial charge on any atom is 0.238 e. The van der Waals surface area contributed by atoms with Gasteiger partial charge in [0.1, 0.15) is 11.5 Å². The van der Waals surface area contributed by atoms with E-state index in [4.69, 9.17) is 4.74 Å². The monoisotopic (exact) mass is 448 g/mol. The van der Waals surface area contributed by atoms with Gasteiger partial charge in [-0.05, 0) is 50.1 Å². The first-order chi connectivity index (χ1) is 16.0. The minimum absolute atomic E-state index is 0.315. The molecule has 0 radical (unpaired) electrons. The summed E-state index contributed by atoms with van der Waals surface area (Å²) in [5, 5.41) is 4.54. The van der Waals surface area contributed by atoms with Crippen molar-refractivity contribution in [3.05, 3.63) is 83.1 Å². The van der Waals surface area contributed by atoms with Crippen LogP contribution in [0.15, 0.2) is 42.9 Å². The lowest BCUT2D eigenvalue weighted by molar-refractivity contribution is 0.395. The van der Waals surface area contributed by atoms with Crippen LogP contribution >= 0.6 is 0 Å². The maximum atomic E-state index is 14.4. The number of benzene rings is 1. The molecule has 4 heterocycles. The lowest BCUT2D eigenvalue weighted by Gasteiger charge is -2.22. The molecule has 0 bridgehead atoms. The molecule has 0 N–H and O–H groups in total. The summed E-state index contributed by atoms with van der Waals surface area (Å²) in [6.07, 6.45) is 8.66. The molecular formula is C24H22F2N6O. The van der Waals surface area contributed by atoms with Crippen molar-refractivity contribution in [1.29, 1.82) is 0 Å². The number of aromatic nitrogens is 6. The van der Waals surface area contributed by atoms with Crippen molar-refractivity contribution < 1.29 is 13.5 Å². The molecule has 1 aliphatic rings. The Bertz CT molecular complexity index is 1340. The molecule has 1 unspecified atom stereocenters. The van der Waals surface area contributed by atoms with Gasteiger partial charge in [0.25, 0.3) is 0 Å². The maximum absolute atomic E-state index is 14.4. The molecule has 0 spiro atoms. The zero-order valence-corrected chi connectivity index (χ0v) is 18.2. The molecule has 5 rings (SSSR count). The van der Waals surface area contributed by atoms with E-state index in [0.29, 0.717) is 41.8 Å². The highest BCUT2D eigenvalue weighted by Crippen LogP contribution is 2.34. The third-order valence-corrected chi connectivity index (χ3v) is 5.70. The Kier molecular flexibility index (Phi) is 5.45. The fourth-order valence-corrected chi connectivity index (χ4v) is 4.12. The molecule has 1 aromatic carbocycles. The van der Waals surface area contributed by atoms with E-state index < -0.39 is 11.6 Å². The Hall–Kier alpha value is -3.88. The van der Waals surface area contributed by atoms with Gasteiger partial charge in [-0.3, -0.25) is 0 Å². The number of ether oxygens (including phenoxy) is 1. The first kappa shape index (κ1) is 21.0. The zero-order chi connectivity index (χ0) is 22.9. The van der Waals surface area contributed by atoms with Crippen molar-refractivity contribution >= 4 is 12.2 Å². The van der Waals surface area contributed by atoms with Crippen molar-refractivity contribution in [2.75, 3.05) is 7.11 Å². The van der Waals surface area contributed by atoms with E-state index in [-0.39, 0.29) is 5.92 Å². The molecule has 0 fully saturated rings. The molecular weight excluding hydrogens is 426 g/mol. The molecule has 0 saturated heterocycles. The molecule has 1 atom stereocenters. The number of rotatable bonds is 5. The Labute approximate surface area is 189 Å². The number of imidazole rings is 1.